The number of hydrogen-bond acceptors (Lipinski definition) is 4. The van der Waals surface area contributed by atoms with E-state index in [1.807, 2.05) is 0 Å². The summed E-state index contributed by atoms with van der Waals surface area (Å²) in [7, 11) is 0. The van der Waals surface area contributed by atoms with Gasteiger partial charge in [0.1, 0.15) is 0 Å². The topological polar surface area (TPSA) is 63.6 Å². The molecule has 0 bridgehead atoms. The lowest BCUT2D eigenvalue weighted by molar-refractivity contribution is -0.143. The molecule has 0 aromatic rings. The normalized spacial score (nSPS) is 11.2. The van der Waals surface area contributed by atoms with Crippen LogP contribution in [0.1, 0.15) is 187 Å². The Morgan fingerprint density at radius 1 is 0.487 bits per heavy atom. The van der Waals surface area contributed by atoms with E-state index in [-0.39, 0.29) is 12.4 Å². The molecule has 0 unspecified atom stereocenters. The SMILES string of the molecule is CCCCCCCCCCCCCCCCCCCCCCCCCCCCOC(=O)CCSCCC(=O)O. The average Bonchev–Trinajstić information content (AvgIpc) is 2.92. The van der Waals surface area contributed by atoms with Crippen LogP contribution in [0.4, 0.5) is 0 Å². The van der Waals surface area contributed by atoms with Gasteiger partial charge in [0, 0.05) is 11.5 Å². The lowest BCUT2D eigenvalue weighted by Crippen LogP contribution is -2.07. The van der Waals surface area contributed by atoms with Crippen molar-refractivity contribution in [3.8, 4) is 0 Å². The first kappa shape index (κ1) is 38.3. The van der Waals surface area contributed by atoms with E-state index in [9.17, 15) is 9.59 Å². The molecule has 0 aliphatic heterocycles. The number of carboxylic acid groups (broad SMARTS) is 1. The Bertz CT molecular complexity index is 511. The molecule has 0 aromatic carbocycles. The molecule has 0 saturated heterocycles. The van der Waals surface area contributed by atoms with Crippen LogP contribution in [0.2, 0.25) is 0 Å². The zero-order valence-corrected chi connectivity index (χ0v) is 26.8. The molecule has 0 radical (unpaired) electrons. The minimum atomic E-state index is -0.786. The van der Waals surface area contributed by atoms with Crippen molar-refractivity contribution in [3.05, 3.63) is 0 Å². The smallest absolute Gasteiger partial charge is 0.306 e. The summed E-state index contributed by atoms with van der Waals surface area (Å²) in [4.78, 5) is 22.1. The molecule has 232 valence electrons. The predicted molar refractivity (Wildman–Crippen MR) is 171 cm³/mol. The van der Waals surface area contributed by atoms with Crippen molar-refractivity contribution < 1.29 is 19.4 Å². The van der Waals surface area contributed by atoms with Crippen LogP contribution in [-0.2, 0) is 14.3 Å². The van der Waals surface area contributed by atoms with E-state index in [1.165, 1.54) is 166 Å². The molecule has 5 heteroatoms. The first-order chi connectivity index (χ1) is 19.2. The summed E-state index contributed by atoms with van der Waals surface area (Å²) in [5, 5.41) is 8.58. The fourth-order valence-corrected chi connectivity index (χ4v) is 5.93. The van der Waals surface area contributed by atoms with Crippen LogP contribution in [0.5, 0.6) is 0 Å². The van der Waals surface area contributed by atoms with E-state index in [1.54, 1.807) is 0 Å². The quantitative estimate of drug-likeness (QED) is 0.0628. The summed E-state index contributed by atoms with van der Waals surface area (Å²) < 4.78 is 5.26. The van der Waals surface area contributed by atoms with E-state index in [2.05, 4.69) is 6.92 Å². The highest BCUT2D eigenvalue weighted by atomic mass is 32.2. The molecule has 0 aromatic heterocycles. The fourth-order valence-electron chi connectivity index (χ4n) is 5.09. The van der Waals surface area contributed by atoms with Crippen LogP contribution in [0, 0.1) is 0 Å². The number of carboxylic acids is 1. The molecular weight excluding hydrogens is 504 g/mol. The Hall–Kier alpha value is -0.710. The highest BCUT2D eigenvalue weighted by molar-refractivity contribution is 7.99. The molecule has 0 amide bonds. The molecule has 4 nitrogen and oxygen atoms in total. The number of rotatable bonds is 33. The third-order valence-corrected chi connectivity index (χ3v) is 8.66. The molecule has 0 atom stereocenters. The lowest BCUT2D eigenvalue weighted by Gasteiger charge is -2.05. The third kappa shape index (κ3) is 35.3. The number of thioether (sulfide) groups is 1. The monoisotopic (exact) mass is 570 g/mol. The molecule has 0 fully saturated rings. The number of carbonyl (C=O) groups excluding carboxylic acids is 1. The van der Waals surface area contributed by atoms with Crippen LogP contribution >= 0.6 is 11.8 Å². The second kappa shape index (κ2) is 33.5. The molecule has 0 spiro atoms. The summed E-state index contributed by atoms with van der Waals surface area (Å²) in [6.07, 6.45) is 36.7. The fraction of sp³-hybridized carbons (Fsp3) is 0.941. The van der Waals surface area contributed by atoms with Gasteiger partial charge >= 0.3 is 11.9 Å². The van der Waals surface area contributed by atoms with Crippen LogP contribution < -0.4 is 0 Å². The van der Waals surface area contributed by atoms with E-state index in [4.69, 9.17) is 9.84 Å². The van der Waals surface area contributed by atoms with Gasteiger partial charge in [-0.05, 0) is 6.42 Å². The largest absolute Gasteiger partial charge is 0.481 e. The second-order valence-corrected chi connectivity index (χ2v) is 12.8. The van der Waals surface area contributed by atoms with Crippen molar-refractivity contribution in [3.63, 3.8) is 0 Å². The first-order valence-electron chi connectivity index (χ1n) is 17.1. The number of ether oxygens (including phenoxy) is 1. The zero-order valence-electron chi connectivity index (χ0n) is 26.0. The van der Waals surface area contributed by atoms with Crippen LogP contribution in [0.3, 0.4) is 0 Å². The summed E-state index contributed by atoms with van der Waals surface area (Å²) in [6, 6.07) is 0. The average molecular weight is 571 g/mol. The summed E-state index contributed by atoms with van der Waals surface area (Å²) >= 11 is 1.50. The standard InChI is InChI=1S/C34H66O4S/c1-2-3-4-5-6-7-8-9-10-11-12-13-14-15-16-17-18-19-20-21-22-23-24-25-26-27-30-38-34(37)29-32-39-31-28-33(35)36/h2-32H2,1H3,(H,35,36). The van der Waals surface area contributed by atoms with E-state index >= 15 is 0 Å². The Balaban J connectivity index is 3.10. The molecule has 39 heavy (non-hydrogen) atoms. The maximum Gasteiger partial charge on any atom is 0.306 e. The molecule has 0 saturated carbocycles. The van der Waals surface area contributed by atoms with E-state index < -0.39 is 5.97 Å². The first-order valence-corrected chi connectivity index (χ1v) is 18.3. The summed E-state index contributed by atoms with van der Waals surface area (Å²) in [5.41, 5.74) is 0. The van der Waals surface area contributed by atoms with Crippen molar-refractivity contribution in [2.24, 2.45) is 0 Å². The van der Waals surface area contributed by atoms with Crippen molar-refractivity contribution in [1.82, 2.24) is 0 Å². The van der Waals surface area contributed by atoms with Crippen LogP contribution in [0.15, 0.2) is 0 Å². The van der Waals surface area contributed by atoms with E-state index in [0.717, 1.165) is 12.8 Å². The highest BCUT2D eigenvalue weighted by Gasteiger charge is 2.04. The van der Waals surface area contributed by atoms with Crippen LogP contribution in [-0.4, -0.2) is 35.2 Å². The molecule has 0 aliphatic carbocycles. The zero-order chi connectivity index (χ0) is 28.5. The van der Waals surface area contributed by atoms with Gasteiger partial charge in [0.05, 0.1) is 19.4 Å². The Labute approximate surface area is 247 Å². The van der Waals surface area contributed by atoms with Gasteiger partial charge < -0.3 is 9.84 Å². The van der Waals surface area contributed by atoms with Crippen molar-refractivity contribution in [2.45, 2.75) is 187 Å². The number of unbranched alkanes of at least 4 members (excludes halogenated alkanes) is 25. The summed E-state index contributed by atoms with van der Waals surface area (Å²) in [6.45, 7) is 2.82. The van der Waals surface area contributed by atoms with Gasteiger partial charge in [0.2, 0.25) is 0 Å². The van der Waals surface area contributed by atoms with Crippen molar-refractivity contribution in [1.29, 1.82) is 0 Å². The number of hydrogen-bond donors (Lipinski definition) is 1. The Kier molecular flexibility index (Phi) is 32.9. The molecular formula is C34H66O4S. The maximum absolute atomic E-state index is 11.6. The third-order valence-electron chi connectivity index (χ3n) is 7.67. The van der Waals surface area contributed by atoms with Crippen LogP contribution in [0.25, 0.3) is 0 Å². The lowest BCUT2D eigenvalue weighted by atomic mass is 10.0. The molecule has 1 N–H and O–H groups in total. The maximum atomic E-state index is 11.6. The van der Waals surface area contributed by atoms with Gasteiger partial charge in [-0.15, -0.1) is 0 Å². The van der Waals surface area contributed by atoms with Gasteiger partial charge in [-0.25, -0.2) is 0 Å². The van der Waals surface area contributed by atoms with Crippen molar-refractivity contribution >= 4 is 23.7 Å². The van der Waals surface area contributed by atoms with Gasteiger partial charge in [-0.2, -0.15) is 11.8 Å². The number of carbonyl (C=O) groups is 2. The van der Waals surface area contributed by atoms with E-state index in [0.29, 0.717) is 24.5 Å². The predicted octanol–water partition coefficient (Wildman–Crippen LogP) is 11.3. The van der Waals surface area contributed by atoms with Gasteiger partial charge in [-0.3, -0.25) is 9.59 Å². The minimum Gasteiger partial charge on any atom is -0.481 e. The number of esters is 1. The van der Waals surface area contributed by atoms with Gasteiger partial charge in [-0.1, -0.05) is 167 Å². The Morgan fingerprint density at radius 2 is 0.795 bits per heavy atom. The van der Waals surface area contributed by atoms with Gasteiger partial charge in [0.25, 0.3) is 0 Å². The van der Waals surface area contributed by atoms with Gasteiger partial charge in [0.15, 0.2) is 0 Å². The van der Waals surface area contributed by atoms with Crippen molar-refractivity contribution in [2.75, 3.05) is 18.1 Å². The molecule has 0 heterocycles. The highest BCUT2D eigenvalue weighted by Crippen LogP contribution is 2.16. The Morgan fingerprint density at radius 3 is 1.13 bits per heavy atom. The second-order valence-electron chi connectivity index (χ2n) is 11.6. The molecule has 0 rings (SSSR count). The molecule has 0 aliphatic rings. The minimum absolute atomic E-state index is 0.152. The number of aliphatic carboxylic acids is 1. The summed E-state index contributed by atoms with van der Waals surface area (Å²) in [5.74, 6) is 0.261.